The van der Waals surface area contributed by atoms with Crippen molar-refractivity contribution in [1.29, 1.82) is 5.41 Å². The van der Waals surface area contributed by atoms with E-state index < -0.39 is 6.43 Å². The third kappa shape index (κ3) is 3.03. The Kier molecular flexibility index (Phi) is 4.37. The number of halogens is 2. The van der Waals surface area contributed by atoms with Gasteiger partial charge in [-0.3, -0.25) is 4.98 Å². The van der Waals surface area contributed by atoms with Crippen molar-refractivity contribution in [1.82, 2.24) is 20.3 Å². The van der Waals surface area contributed by atoms with Gasteiger partial charge in [-0.2, -0.15) is 0 Å². The van der Waals surface area contributed by atoms with Crippen LogP contribution in [0.1, 0.15) is 17.8 Å². The van der Waals surface area contributed by atoms with Gasteiger partial charge in [-0.1, -0.05) is 6.07 Å². The summed E-state index contributed by atoms with van der Waals surface area (Å²) in [5.74, 6) is 0.998. The molecule has 0 aliphatic rings. The van der Waals surface area contributed by atoms with Crippen LogP contribution in [-0.2, 0) is 11.3 Å². The topological polar surface area (TPSA) is 86.7 Å². The Morgan fingerprint density at radius 1 is 1.42 bits per heavy atom. The molecule has 1 aromatic carbocycles. The minimum absolute atomic E-state index is 0.0512. The molecule has 0 saturated carbocycles. The number of aromatic amines is 1. The molecule has 6 nitrogen and oxygen atoms in total. The molecule has 2 heterocycles. The highest BCUT2D eigenvalue weighted by molar-refractivity contribution is 6.02. The van der Waals surface area contributed by atoms with Crippen molar-refractivity contribution in [3.8, 4) is 0 Å². The van der Waals surface area contributed by atoms with E-state index in [1.165, 1.54) is 19.2 Å². The number of imidazole rings is 1. The van der Waals surface area contributed by atoms with E-state index in [-0.39, 0.29) is 5.56 Å². The quantitative estimate of drug-likeness (QED) is 0.478. The highest BCUT2D eigenvalue weighted by atomic mass is 19.3. The summed E-state index contributed by atoms with van der Waals surface area (Å²) >= 11 is 0. The van der Waals surface area contributed by atoms with E-state index in [1.54, 1.807) is 18.5 Å². The molecule has 0 radical (unpaired) electrons. The Balaban J connectivity index is 1.95. The molecule has 3 rings (SSSR count). The summed E-state index contributed by atoms with van der Waals surface area (Å²) in [6.45, 7) is 0.366. The monoisotopic (exact) mass is 331 g/mol. The number of methoxy groups -OCH3 is 1. The van der Waals surface area contributed by atoms with Crippen molar-refractivity contribution in [2.45, 2.75) is 13.0 Å². The van der Waals surface area contributed by atoms with Crippen molar-refractivity contribution < 1.29 is 13.5 Å². The number of allylic oxidation sites excluding steroid dienone is 1. The van der Waals surface area contributed by atoms with Crippen LogP contribution in [0.4, 0.5) is 8.78 Å². The summed E-state index contributed by atoms with van der Waals surface area (Å²) in [5.41, 5.74) is 1.85. The van der Waals surface area contributed by atoms with Gasteiger partial charge >= 0.3 is 0 Å². The van der Waals surface area contributed by atoms with Gasteiger partial charge in [0.2, 0.25) is 0 Å². The minimum Gasteiger partial charge on any atom is -0.494 e. The lowest BCUT2D eigenvalue weighted by atomic mass is 10.1. The largest absolute Gasteiger partial charge is 0.494 e. The van der Waals surface area contributed by atoms with Gasteiger partial charge in [0.1, 0.15) is 11.3 Å². The third-order valence-electron chi connectivity index (χ3n) is 3.54. The first-order valence-electron chi connectivity index (χ1n) is 7.16. The maximum Gasteiger partial charge on any atom is 0.263 e. The van der Waals surface area contributed by atoms with Crippen molar-refractivity contribution >= 4 is 28.2 Å². The summed E-state index contributed by atoms with van der Waals surface area (Å²) in [6.07, 6.45) is 1.70. The van der Waals surface area contributed by atoms with Gasteiger partial charge in [0.25, 0.3) is 6.43 Å². The highest BCUT2D eigenvalue weighted by Crippen LogP contribution is 2.27. The minimum atomic E-state index is -2.53. The smallest absolute Gasteiger partial charge is 0.263 e. The lowest BCUT2D eigenvalue weighted by Crippen LogP contribution is -2.08. The second-order valence-electron chi connectivity index (χ2n) is 5.06. The number of nitrogens with zero attached hydrogens (tertiary/aromatic N) is 2. The molecule has 0 saturated heterocycles. The summed E-state index contributed by atoms with van der Waals surface area (Å²) in [6, 6.07) is 4.38. The average Bonchev–Trinajstić information content (AvgIpc) is 3.01. The van der Waals surface area contributed by atoms with Crippen LogP contribution >= 0.6 is 0 Å². The number of hydrogen-bond donors (Lipinski definition) is 3. The fraction of sp³-hybridized carbons (Fsp3) is 0.188. The van der Waals surface area contributed by atoms with Crippen LogP contribution in [-0.4, -0.2) is 28.3 Å². The van der Waals surface area contributed by atoms with Gasteiger partial charge in [-0.05, 0) is 12.1 Å². The normalized spacial score (nSPS) is 12.1. The van der Waals surface area contributed by atoms with Crippen molar-refractivity contribution in [2.75, 3.05) is 7.11 Å². The van der Waals surface area contributed by atoms with Gasteiger partial charge in [0.15, 0.2) is 5.76 Å². The van der Waals surface area contributed by atoms with E-state index in [4.69, 9.17) is 10.1 Å². The van der Waals surface area contributed by atoms with Crippen LogP contribution in [0, 0.1) is 5.41 Å². The number of aromatic nitrogens is 3. The molecule has 3 aromatic rings. The van der Waals surface area contributed by atoms with Crippen LogP contribution < -0.4 is 5.32 Å². The molecular weight excluding hydrogens is 316 g/mol. The van der Waals surface area contributed by atoms with E-state index >= 15 is 0 Å². The predicted molar refractivity (Wildman–Crippen MR) is 87.1 cm³/mol. The number of fused-ring (bicyclic) bond motifs is 3. The second kappa shape index (κ2) is 6.61. The molecule has 8 heteroatoms. The molecule has 2 aromatic heterocycles. The van der Waals surface area contributed by atoms with E-state index in [2.05, 4.69) is 20.3 Å². The van der Waals surface area contributed by atoms with Gasteiger partial charge in [0.05, 0.1) is 37.1 Å². The van der Waals surface area contributed by atoms with Crippen molar-refractivity contribution in [2.24, 2.45) is 0 Å². The van der Waals surface area contributed by atoms with Crippen LogP contribution in [0.3, 0.4) is 0 Å². The summed E-state index contributed by atoms with van der Waals surface area (Å²) in [7, 11) is 1.47. The molecule has 24 heavy (non-hydrogen) atoms. The molecule has 0 aliphatic heterocycles. The first-order valence-corrected chi connectivity index (χ1v) is 7.16. The SMILES string of the molecule is CO/C(C=N)=C/NCc1nc2cnc3ccc(C(F)F)cc3c2[nH]1. The Morgan fingerprint density at radius 3 is 2.96 bits per heavy atom. The molecule has 0 aliphatic carbocycles. The third-order valence-corrected chi connectivity index (χ3v) is 3.54. The molecule has 0 amide bonds. The number of pyridine rings is 1. The molecule has 124 valence electrons. The lowest BCUT2D eigenvalue weighted by molar-refractivity contribution is 0.151. The molecule has 0 unspecified atom stereocenters. The first kappa shape index (κ1) is 15.9. The molecule has 0 atom stereocenters. The van der Waals surface area contributed by atoms with Gasteiger partial charge < -0.3 is 20.4 Å². The lowest BCUT2D eigenvalue weighted by Gasteiger charge is -2.02. The summed E-state index contributed by atoms with van der Waals surface area (Å²) < 4.78 is 30.8. The number of benzene rings is 1. The Labute approximate surface area is 136 Å². The molecular formula is C16H15F2N5O. The highest BCUT2D eigenvalue weighted by Gasteiger charge is 2.12. The van der Waals surface area contributed by atoms with E-state index in [9.17, 15) is 8.78 Å². The van der Waals surface area contributed by atoms with Crippen LogP contribution in [0.2, 0.25) is 0 Å². The van der Waals surface area contributed by atoms with E-state index in [0.717, 1.165) is 6.21 Å². The molecule has 0 bridgehead atoms. The molecule has 0 fully saturated rings. The first-order chi connectivity index (χ1) is 11.6. The standard InChI is InChI=1S/C16H15F2N5O/c1-24-10(5-19)6-20-8-14-22-13-7-21-12-3-2-9(16(17)18)4-11(12)15(13)23-14/h2-7,16,19-20H,8H2,1H3,(H,22,23)/b10-6+,19-5?. The zero-order valence-electron chi connectivity index (χ0n) is 12.8. The Hall–Kier alpha value is -3.03. The van der Waals surface area contributed by atoms with Crippen molar-refractivity contribution in [3.05, 3.63) is 47.7 Å². The summed E-state index contributed by atoms with van der Waals surface area (Å²) in [5, 5.41) is 10.7. The number of rotatable bonds is 6. The fourth-order valence-corrected chi connectivity index (χ4v) is 2.36. The van der Waals surface area contributed by atoms with Gasteiger partial charge in [-0.25, -0.2) is 13.8 Å². The Bertz CT molecular complexity index is 919. The van der Waals surface area contributed by atoms with Crippen LogP contribution in [0.25, 0.3) is 21.9 Å². The average molecular weight is 331 g/mol. The molecule has 0 spiro atoms. The number of nitrogens with one attached hydrogen (secondary N) is 3. The second-order valence-corrected chi connectivity index (χ2v) is 5.06. The van der Waals surface area contributed by atoms with Crippen LogP contribution in [0.15, 0.2) is 36.4 Å². The molecule has 3 N–H and O–H groups in total. The number of alkyl halides is 2. The number of H-pyrrole nitrogens is 1. The number of hydrogen-bond acceptors (Lipinski definition) is 5. The predicted octanol–water partition coefficient (Wildman–Crippen LogP) is 3.28. The Morgan fingerprint density at radius 2 is 2.25 bits per heavy atom. The van der Waals surface area contributed by atoms with Crippen LogP contribution in [0.5, 0.6) is 0 Å². The van der Waals surface area contributed by atoms with Gasteiger partial charge in [-0.15, -0.1) is 0 Å². The van der Waals surface area contributed by atoms with Gasteiger partial charge in [0, 0.05) is 17.1 Å². The zero-order chi connectivity index (χ0) is 17.1. The van der Waals surface area contributed by atoms with E-state index in [0.29, 0.717) is 40.1 Å². The summed E-state index contributed by atoms with van der Waals surface area (Å²) in [4.78, 5) is 11.8. The zero-order valence-corrected chi connectivity index (χ0v) is 12.8. The fourth-order valence-electron chi connectivity index (χ4n) is 2.36. The maximum absolute atomic E-state index is 12.9. The maximum atomic E-state index is 12.9. The number of ether oxygens (including phenoxy) is 1. The van der Waals surface area contributed by atoms with E-state index in [1.807, 2.05) is 0 Å². The van der Waals surface area contributed by atoms with Crippen molar-refractivity contribution in [3.63, 3.8) is 0 Å².